The number of carbonyl (C=O) groups excluding carboxylic acids is 1. The van der Waals surface area contributed by atoms with Gasteiger partial charge in [-0.1, -0.05) is 47.7 Å². The number of hydrogen-bond donors (Lipinski definition) is 2. The minimum atomic E-state index is 0.0578. The quantitative estimate of drug-likeness (QED) is 0.259. The fourth-order valence-electron chi connectivity index (χ4n) is 5.00. The molecule has 0 bridgehead atoms. The van der Waals surface area contributed by atoms with Crippen LogP contribution in [0.3, 0.4) is 0 Å². The van der Waals surface area contributed by atoms with Crippen LogP contribution < -0.4 is 5.84 Å². The van der Waals surface area contributed by atoms with Crippen LogP contribution in [0.1, 0.15) is 49.1 Å². The molecule has 0 aromatic heterocycles. The second-order valence-electron chi connectivity index (χ2n) is 8.99. The normalized spacial score (nSPS) is 22.4. The number of amides is 1. The van der Waals surface area contributed by atoms with E-state index in [1.54, 1.807) is 0 Å². The molecule has 1 atom stereocenters. The number of rotatable bonds is 4. The molecule has 3 fully saturated rings. The fourth-order valence-corrected chi connectivity index (χ4v) is 5.00. The number of hydrogen-bond acceptors (Lipinski definition) is 3. The first-order chi connectivity index (χ1) is 14.6. The first-order valence-electron chi connectivity index (χ1n) is 10.8. The van der Waals surface area contributed by atoms with Crippen LogP contribution in [0, 0.1) is 16.7 Å². The minimum Gasteiger partial charge on any atom is -0.342 e. The summed E-state index contributed by atoms with van der Waals surface area (Å²) in [5.41, 5.74) is 4.68. The van der Waals surface area contributed by atoms with E-state index in [-0.39, 0.29) is 5.84 Å². The van der Waals surface area contributed by atoms with E-state index in [1.165, 1.54) is 12.0 Å². The molecule has 1 heterocycles. The van der Waals surface area contributed by atoms with Crippen molar-refractivity contribution >= 4 is 11.7 Å². The molecule has 30 heavy (non-hydrogen) atoms. The zero-order valence-electron chi connectivity index (χ0n) is 17.1. The van der Waals surface area contributed by atoms with Crippen molar-refractivity contribution in [2.24, 2.45) is 27.5 Å². The largest absolute Gasteiger partial charge is 0.342 e. The SMILES string of the molecule is N=C(N=NN)c1cccc(-c2ccc([C@@H]3CC34CCN(C(=O)C3CC3)CC4)cc2)c1. The Labute approximate surface area is 176 Å². The van der Waals surface area contributed by atoms with Crippen molar-refractivity contribution in [3.8, 4) is 11.1 Å². The average Bonchev–Trinajstić information content (AvgIpc) is 3.71. The first-order valence-corrected chi connectivity index (χ1v) is 10.8. The maximum atomic E-state index is 12.3. The highest BCUT2D eigenvalue weighted by molar-refractivity contribution is 5.97. The van der Waals surface area contributed by atoms with E-state index in [1.807, 2.05) is 24.3 Å². The first kappa shape index (κ1) is 19.0. The molecular formula is C24H27N5O. The smallest absolute Gasteiger partial charge is 0.225 e. The molecule has 2 aromatic rings. The third-order valence-corrected chi connectivity index (χ3v) is 7.13. The van der Waals surface area contributed by atoms with Gasteiger partial charge in [-0.15, -0.1) is 5.11 Å². The summed E-state index contributed by atoms with van der Waals surface area (Å²) in [6.45, 7) is 1.87. The van der Waals surface area contributed by atoms with E-state index >= 15 is 0 Å². The third kappa shape index (κ3) is 3.51. The van der Waals surface area contributed by atoms with E-state index in [0.717, 1.165) is 49.9 Å². The molecule has 0 radical (unpaired) electrons. The van der Waals surface area contributed by atoms with Crippen LogP contribution in [0.15, 0.2) is 58.9 Å². The Morgan fingerprint density at radius 3 is 2.47 bits per heavy atom. The lowest BCUT2D eigenvalue weighted by molar-refractivity contribution is -0.134. The maximum absolute atomic E-state index is 12.3. The van der Waals surface area contributed by atoms with E-state index in [0.29, 0.717) is 28.7 Å². The molecule has 2 saturated carbocycles. The zero-order valence-corrected chi connectivity index (χ0v) is 17.1. The summed E-state index contributed by atoms with van der Waals surface area (Å²) >= 11 is 0. The molecular weight excluding hydrogens is 374 g/mol. The highest BCUT2D eigenvalue weighted by Crippen LogP contribution is 2.65. The Morgan fingerprint density at radius 2 is 1.80 bits per heavy atom. The van der Waals surface area contributed by atoms with Crippen molar-refractivity contribution in [3.05, 3.63) is 59.7 Å². The Morgan fingerprint density at radius 1 is 1.07 bits per heavy atom. The fraction of sp³-hybridized carbons (Fsp3) is 0.417. The summed E-state index contributed by atoms with van der Waals surface area (Å²) in [4.78, 5) is 14.4. The van der Waals surface area contributed by atoms with Gasteiger partial charge in [-0.2, -0.15) is 0 Å². The topological polar surface area (TPSA) is 94.9 Å². The second-order valence-corrected chi connectivity index (χ2v) is 8.99. The van der Waals surface area contributed by atoms with Crippen LogP contribution in [0.5, 0.6) is 0 Å². The zero-order chi connectivity index (χ0) is 20.7. The predicted octanol–water partition coefficient (Wildman–Crippen LogP) is 4.51. The highest BCUT2D eigenvalue weighted by Gasteiger charge is 2.55. The molecule has 2 aromatic carbocycles. The predicted molar refractivity (Wildman–Crippen MR) is 116 cm³/mol. The summed E-state index contributed by atoms with van der Waals surface area (Å²) < 4.78 is 0. The molecule has 6 heteroatoms. The average molecular weight is 402 g/mol. The molecule has 2 aliphatic carbocycles. The molecule has 154 valence electrons. The van der Waals surface area contributed by atoms with Gasteiger partial charge in [0.2, 0.25) is 5.91 Å². The monoisotopic (exact) mass is 401 g/mol. The molecule has 1 aliphatic heterocycles. The van der Waals surface area contributed by atoms with Gasteiger partial charge in [0, 0.05) is 24.6 Å². The number of nitrogens with one attached hydrogen (secondary N) is 1. The van der Waals surface area contributed by atoms with Crippen LogP contribution in [0.2, 0.25) is 0 Å². The van der Waals surface area contributed by atoms with E-state index < -0.39 is 0 Å². The van der Waals surface area contributed by atoms with Crippen molar-refractivity contribution in [1.82, 2.24) is 4.90 Å². The van der Waals surface area contributed by atoms with Gasteiger partial charge >= 0.3 is 0 Å². The molecule has 6 nitrogen and oxygen atoms in total. The lowest BCUT2D eigenvalue weighted by Crippen LogP contribution is -2.40. The molecule has 1 amide bonds. The number of amidine groups is 1. The van der Waals surface area contributed by atoms with Crippen molar-refractivity contribution in [2.75, 3.05) is 13.1 Å². The number of benzene rings is 2. The van der Waals surface area contributed by atoms with Crippen LogP contribution >= 0.6 is 0 Å². The summed E-state index contributed by atoms with van der Waals surface area (Å²) in [6.07, 6.45) is 5.71. The van der Waals surface area contributed by atoms with E-state index in [9.17, 15) is 4.79 Å². The number of likely N-dealkylation sites (tertiary alicyclic amines) is 1. The number of nitrogens with two attached hydrogens (primary N) is 1. The molecule has 1 saturated heterocycles. The van der Waals surface area contributed by atoms with Gasteiger partial charge < -0.3 is 10.7 Å². The van der Waals surface area contributed by atoms with E-state index in [4.69, 9.17) is 11.3 Å². The van der Waals surface area contributed by atoms with Crippen molar-refractivity contribution in [2.45, 2.75) is 38.0 Å². The van der Waals surface area contributed by atoms with Crippen LogP contribution in [-0.4, -0.2) is 29.7 Å². The van der Waals surface area contributed by atoms with Crippen molar-refractivity contribution < 1.29 is 4.79 Å². The van der Waals surface area contributed by atoms with Gasteiger partial charge in [0.15, 0.2) is 5.84 Å². The van der Waals surface area contributed by atoms with Gasteiger partial charge in [0.05, 0.1) is 0 Å². The lowest BCUT2D eigenvalue weighted by atomic mass is 9.88. The Hall–Kier alpha value is -3.02. The highest BCUT2D eigenvalue weighted by atomic mass is 16.2. The number of piperidine rings is 1. The molecule has 5 rings (SSSR count). The van der Waals surface area contributed by atoms with Gasteiger partial charge in [0.25, 0.3) is 0 Å². The van der Waals surface area contributed by atoms with Gasteiger partial charge in [-0.3, -0.25) is 10.2 Å². The molecule has 3 N–H and O–H groups in total. The molecule has 1 spiro atoms. The number of nitrogens with zero attached hydrogens (tertiary/aromatic N) is 3. The van der Waals surface area contributed by atoms with Gasteiger partial charge in [-0.05, 0) is 66.2 Å². The van der Waals surface area contributed by atoms with Crippen molar-refractivity contribution in [1.29, 1.82) is 5.41 Å². The maximum Gasteiger partial charge on any atom is 0.225 e. The lowest BCUT2D eigenvalue weighted by Gasteiger charge is -2.33. The Bertz CT molecular complexity index is 1000. The van der Waals surface area contributed by atoms with Gasteiger partial charge in [0.1, 0.15) is 0 Å². The Balaban J connectivity index is 1.25. The minimum absolute atomic E-state index is 0.0578. The summed E-state index contributed by atoms with van der Waals surface area (Å²) in [5.74, 6) is 6.47. The van der Waals surface area contributed by atoms with Crippen LogP contribution in [0.4, 0.5) is 0 Å². The summed E-state index contributed by atoms with van der Waals surface area (Å²) in [5, 5.41) is 14.7. The third-order valence-electron chi connectivity index (χ3n) is 7.13. The summed E-state index contributed by atoms with van der Waals surface area (Å²) in [6, 6.07) is 16.6. The van der Waals surface area contributed by atoms with E-state index in [2.05, 4.69) is 39.5 Å². The van der Waals surface area contributed by atoms with Crippen LogP contribution in [0.25, 0.3) is 11.1 Å². The Kier molecular flexibility index (Phi) is 4.65. The number of carbonyl (C=O) groups is 1. The van der Waals surface area contributed by atoms with Crippen LogP contribution in [-0.2, 0) is 4.79 Å². The molecule has 3 aliphatic rings. The second kappa shape index (κ2) is 7.35. The molecule has 0 unspecified atom stereocenters. The standard InChI is InChI=1S/C24H27N5O/c25-22(27-28-26)20-3-1-2-19(14-20)16-4-6-17(7-5-16)21-15-24(21)10-12-29(13-11-24)23(30)18-8-9-18/h1-7,14,18,21H,8-13,15H2,(H3,25,26,27)/t21-/m0/s1. The van der Waals surface area contributed by atoms with Gasteiger partial charge in [-0.25, -0.2) is 0 Å². The summed E-state index contributed by atoms with van der Waals surface area (Å²) in [7, 11) is 0. The van der Waals surface area contributed by atoms with Crippen molar-refractivity contribution in [3.63, 3.8) is 0 Å².